The number of hydrogen-bond acceptors (Lipinski definition) is 3. The van der Waals surface area contributed by atoms with Gasteiger partial charge in [0.05, 0.1) is 10.8 Å². The molecule has 5 heteroatoms. The maximum Gasteiger partial charge on any atom is 0.273 e. The Morgan fingerprint density at radius 1 is 1.53 bits per heavy atom. The molecule has 1 aromatic carbocycles. The van der Waals surface area contributed by atoms with Gasteiger partial charge in [-0.25, -0.2) is 0 Å². The van der Waals surface area contributed by atoms with Crippen LogP contribution in [0.15, 0.2) is 18.2 Å². The van der Waals surface area contributed by atoms with E-state index in [0.29, 0.717) is 11.6 Å². The molecule has 0 radical (unpaired) electrons. The van der Waals surface area contributed by atoms with E-state index >= 15 is 0 Å². The van der Waals surface area contributed by atoms with Crippen LogP contribution in [0.4, 0.5) is 11.4 Å². The van der Waals surface area contributed by atoms with Crippen molar-refractivity contribution in [3.05, 3.63) is 33.9 Å². The second-order valence-electron chi connectivity index (χ2n) is 4.22. The lowest BCUT2D eigenvalue weighted by Crippen LogP contribution is -2.25. The third kappa shape index (κ3) is 2.52. The van der Waals surface area contributed by atoms with Gasteiger partial charge in [0, 0.05) is 29.9 Å². The maximum atomic E-state index is 10.8. The smallest absolute Gasteiger partial charge is 0.273 e. The second kappa shape index (κ2) is 4.92. The number of nitro benzene ring substituents is 1. The Kier molecular flexibility index (Phi) is 3.52. The Balaban J connectivity index is 2.32. The molecule has 0 N–H and O–H groups in total. The number of rotatable bonds is 5. The highest BCUT2D eigenvalue weighted by Gasteiger charge is 2.28. The van der Waals surface area contributed by atoms with Gasteiger partial charge in [0.1, 0.15) is 0 Å². The van der Waals surface area contributed by atoms with Gasteiger partial charge >= 0.3 is 0 Å². The number of halogens is 1. The highest BCUT2D eigenvalue weighted by atomic mass is 35.5. The van der Waals surface area contributed by atoms with Crippen LogP contribution in [0.25, 0.3) is 0 Å². The van der Waals surface area contributed by atoms with Crippen LogP contribution >= 0.6 is 11.6 Å². The number of hydrogen-bond donors (Lipinski definition) is 0. The van der Waals surface area contributed by atoms with Crippen molar-refractivity contribution >= 4 is 23.0 Å². The molecular weight excluding hydrogens is 240 g/mol. The van der Waals surface area contributed by atoms with Crippen molar-refractivity contribution < 1.29 is 4.92 Å². The van der Waals surface area contributed by atoms with Crippen molar-refractivity contribution in [3.63, 3.8) is 0 Å². The van der Waals surface area contributed by atoms with Crippen molar-refractivity contribution in [1.29, 1.82) is 0 Å². The van der Waals surface area contributed by atoms with Gasteiger partial charge in [-0.1, -0.05) is 0 Å². The topological polar surface area (TPSA) is 46.4 Å². The van der Waals surface area contributed by atoms with Crippen molar-refractivity contribution in [1.82, 2.24) is 0 Å². The minimum absolute atomic E-state index is 0.107. The first-order chi connectivity index (χ1) is 8.17. The lowest BCUT2D eigenvalue weighted by molar-refractivity contribution is -0.385. The van der Waals surface area contributed by atoms with E-state index in [0.717, 1.165) is 12.2 Å². The summed E-state index contributed by atoms with van der Waals surface area (Å²) in [5.74, 6) is 0.173. The summed E-state index contributed by atoms with van der Waals surface area (Å²) in [4.78, 5) is 12.7. The highest BCUT2D eigenvalue weighted by Crippen LogP contribution is 2.34. The summed E-state index contributed by atoms with van der Waals surface area (Å²) in [6, 6.07) is 5.81. The summed E-state index contributed by atoms with van der Waals surface area (Å²) in [7, 11) is 0. The number of nitro groups is 1. The molecule has 0 atom stereocenters. The fourth-order valence-corrected chi connectivity index (χ4v) is 2.29. The average molecular weight is 255 g/mol. The molecule has 17 heavy (non-hydrogen) atoms. The minimum atomic E-state index is -0.380. The van der Waals surface area contributed by atoms with Gasteiger partial charge in [-0.3, -0.25) is 10.1 Å². The number of anilines is 1. The Morgan fingerprint density at radius 3 is 2.71 bits per heavy atom. The molecule has 2 rings (SSSR count). The van der Waals surface area contributed by atoms with Gasteiger partial charge in [0.2, 0.25) is 0 Å². The fraction of sp³-hybridized carbons (Fsp3) is 0.500. The SMILES string of the molecule is CCN(c1ccc([N+](=O)[O-])c(CCl)c1)C1CC1. The van der Waals surface area contributed by atoms with Crippen LogP contribution in [-0.2, 0) is 5.88 Å². The summed E-state index contributed by atoms with van der Waals surface area (Å²) < 4.78 is 0. The molecule has 0 saturated heterocycles. The summed E-state index contributed by atoms with van der Waals surface area (Å²) in [6.45, 7) is 3.02. The standard InChI is InChI=1S/C12H15ClN2O2/c1-2-14(10-3-4-10)11-5-6-12(15(16)17)9(7-11)8-13/h5-7,10H,2-4,8H2,1H3. The van der Waals surface area contributed by atoms with E-state index in [2.05, 4.69) is 11.8 Å². The third-order valence-corrected chi connectivity index (χ3v) is 3.35. The molecule has 1 saturated carbocycles. The van der Waals surface area contributed by atoms with Crippen LogP contribution in [0.1, 0.15) is 25.3 Å². The molecule has 1 aromatic rings. The Hall–Kier alpha value is -1.29. The Labute approximate surface area is 105 Å². The minimum Gasteiger partial charge on any atom is -0.369 e. The molecule has 0 aliphatic heterocycles. The Bertz CT molecular complexity index is 433. The van der Waals surface area contributed by atoms with Gasteiger partial charge in [-0.15, -0.1) is 11.6 Å². The number of benzene rings is 1. The van der Waals surface area contributed by atoms with Gasteiger partial charge in [-0.05, 0) is 31.9 Å². The van der Waals surface area contributed by atoms with Crippen molar-refractivity contribution in [2.75, 3.05) is 11.4 Å². The molecule has 0 spiro atoms. The van der Waals surface area contributed by atoms with E-state index in [9.17, 15) is 10.1 Å². The van der Waals surface area contributed by atoms with Gasteiger partial charge in [0.25, 0.3) is 5.69 Å². The van der Waals surface area contributed by atoms with E-state index in [1.54, 1.807) is 6.07 Å². The molecule has 0 unspecified atom stereocenters. The van der Waals surface area contributed by atoms with Gasteiger partial charge in [-0.2, -0.15) is 0 Å². The summed E-state index contributed by atoms with van der Waals surface area (Å²) >= 11 is 5.77. The van der Waals surface area contributed by atoms with Crippen LogP contribution in [0.2, 0.25) is 0 Å². The largest absolute Gasteiger partial charge is 0.369 e. The number of nitrogens with zero attached hydrogens (tertiary/aromatic N) is 2. The fourth-order valence-electron chi connectivity index (χ4n) is 2.07. The molecule has 0 heterocycles. The average Bonchev–Trinajstić information content (AvgIpc) is 3.14. The van der Waals surface area contributed by atoms with Crippen molar-refractivity contribution in [2.24, 2.45) is 0 Å². The Morgan fingerprint density at radius 2 is 2.24 bits per heavy atom. The number of alkyl halides is 1. The molecular formula is C12H15ClN2O2. The van der Waals surface area contributed by atoms with E-state index in [-0.39, 0.29) is 16.5 Å². The van der Waals surface area contributed by atoms with Crippen molar-refractivity contribution in [2.45, 2.75) is 31.7 Å². The van der Waals surface area contributed by atoms with E-state index in [4.69, 9.17) is 11.6 Å². The van der Waals surface area contributed by atoms with Crippen LogP contribution in [0.3, 0.4) is 0 Å². The predicted molar refractivity (Wildman–Crippen MR) is 68.7 cm³/mol. The first kappa shape index (κ1) is 12.2. The quantitative estimate of drug-likeness (QED) is 0.460. The van der Waals surface area contributed by atoms with Crippen LogP contribution in [0, 0.1) is 10.1 Å². The lowest BCUT2D eigenvalue weighted by Gasteiger charge is -2.23. The first-order valence-corrected chi connectivity index (χ1v) is 6.30. The summed E-state index contributed by atoms with van der Waals surface area (Å²) in [5.41, 5.74) is 1.74. The molecule has 0 bridgehead atoms. The maximum absolute atomic E-state index is 10.8. The van der Waals surface area contributed by atoms with Crippen LogP contribution in [0.5, 0.6) is 0 Å². The lowest BCUT2D eigenvalue weighted by atomic mass is 10.1. The molecule has 4 nitrogen and oxygen atoms in total. The van der Waals surface area contributed by atoms with E-state index in [1.807, 2.05) is 12.1 Å². The molecule has 0 amide bonds. The predicted octanol–water partition coefficient (Wildman–Crippen LogP) is 3.32. The van der Waals surface area contributed by atoms with E-state index in [1.165, 1.54) is 12.8 Å². The highest BCUT2D eigenvalue weighted by molar-refractivity contribution is 6.17. The second-order valence-corrected chi connectivity index (χ2v) is 4.49. The monoisotopic (exact) mass is 254 g/mol. The normalized spacial score (nSPS) is 14.7. The van der Waals surface area contributed by atoms with Crippen LogP contribution in [-0.4, -0.2) is 17.5 Å². The zero-order chi connectivity index (χ0) is 12.4. The third-order valence-electron chi connectivity index (χ3n) is 3.06. The summed E-state index contributed by atoms with van der Waals surface area (Å²) in [5, 5.41) is 10.8. The molecule has 1 aliphatic carbocycles. The molecule has 0 aromatic heterocycles. The first-order valence-electron chi connectivity index (χ1n) is 5.77. The van der Waals surface area contributed by atoms with E-state index < -0.39 is 0 Å². The zero-order valence-corrected chi connectivity index (χ0v) is 10.5. The molecule has 1 aliphatic rings. The molecule has 92 valence electrons. The summed E-state index contributed by atoms with van der Waals surface area (Å²) in [6.07, 6.45) is 2.42. The van der Waals surface area contributed by atoms with Crippen molar-refractivity contribution in [3.8, 4) is 0 Å². The molecule has 1 fully saturated rings. The van der Waals surface area contributed by atoms with Gasteiger partial charge in [0.15, 0.2) is 0 Å². The van der Waals surface area contributed by atoms with Gasteiger partial charge < -0.3 is 4.90 Å². The zero-order valence-electron chi connectivity index (χ0n) is 9.73. The van der Waals surface area contributed by atoms with Crippen LogP contribution < -0.4 is 4.90 Å².